The number of methoxy groups -OCH3 is 2. The molecule has 0 radical (unpaired) electrons. The number of nitrogens with zero attached hydrogens (tertiary/aromatic N) is 1. The minimum Gasteiger partial charge on any atom is -0.382 e. The van der Waals surface area contributed by atoms with E-state index < -0.39 is 24.2 Å². The number of carbonyl (C=O) groups is 2. The first-order valence-corrected chi connectivity index (χ1v) is 7.15. The van der Waals surface area contributed by atoms with Gasteiger partial charge in [0.05, 0.1) is 17.7 Å². The quantitative estimate of drug-likeness (QED) is 0.599. The van der Waals surface area contributed by atoms with E-state index in [0.717, 1.165) is 5.06 Å². The van der Waals surface area contributed by atoms with Crippen molar-refractivity contribution in [2.45, 2.75) is 18.5 Å². The van der Waals surface area contributed by atoms with Crippen LogP contribution in [0.15, 0.2) is 36.4 Å². The Morgan fingerprint density at radius 2 is 1.74 bits per heavy atom. The minimum absolute atomic E-state index is 0.281. The Hall–Kier alpha value is -2.06. The zero-order chi connectivity index (χ0) is 16.4. The molecule has 122 valence electrons. The molecule has 0 bridgehead atoms. The highest BCUT2D eigenvalue weighted by Gasteiger charge is 2.39. The van der Waals surface area contributed by atoms with Gasteiger partial charge in [0.1, 0.15) is 12.2 Å². The van der Waals surface area contributed by atoms with Crippen molar-refractivity contribution in [2.75, 3.05) is 20.8 Å². The molecule has 0 saturated carbocycles. The molecule has 1 aromatic carbocycles. The van der Waals surface area contributed by atoms with Crippen LogP contribution in [-0.2, 0) is 19.0 Å². The highest BCUT2D eigenvalue weighted by Crippen LogP contribution is 2.25. The number of fused-ring (bicyclic) bond motifs is 1. The predicted molar refractivity (Wildman–Crippen MR) is 78.5 cm³/mol. The third kappa shape index (κ3) is 2.91. The van der Waals surface area contributed by atoms with Crippen molar-refractivity contribution in [2.24, 2.45) is 0 Å². The zero-order valence-corrected chi connectivity index (χ0v) is 12.8. The second kappa shape index (κ2) is 6.59. The Bertz CT molecular complexity index is 608. The fourth-order valence-corrected chi connectivity index (χ4v) is 2.57. The number of carbonyl (C=O) groups excluding carboxylic acids is 2. The summed E-state index contributed by atoms with van der Waals surface area (Å²) >= 11 is 0. The Morgan fingerprint density at radius 1 is 1.09 bits per heavy atom. The molecular weight excluding hydrogens is 302 g/mol. The zero-order valence-electron chi connectivity index (χ0n) is 12.8. The molecule has 2 aliphatic rings. The normalized spacial score (nSPS) is 26.7. The lowest BCUT2D eigenvalue weighted by Crippen LogP contribution is -2.43. The smallest absolute Gasteiger partial charge is 0.286 e. The Morgan fingerprint density at radius 3 is 2.30 bits per heavy atom. The number of hydroxylamine groups is 2. The van der Waals surface area contributed by atoms with E-state index in [9.17, 15) is 9.59 Å². The van der Waals surface area contributed by atoms with Gasteiger partial charge in [0.15, 0.2) is 0 Å². The second-order valence-corrected chi connectivity index (χ2v) is 5.14. The van der Waals surface area contributed by atoms with Gasteiger partial charge < -0.3 is 14.2 Å². The van der Waals surface area contributed by atoms with Crippen molar-refractivity contribution in [1.82, 2.24) is 5.06 Å². The van der Waals surface area contributed by atoms with E-state index in [4.69, 9.17) is 19.0 Å². The van der Waals surface area contributed by atoms with Gasteiger partial charge in [-0.05, 0) is 18.2 Å². The highest BCUT2D eigenvalue weighted by atomic mass is 16.8. The SMILES string of the molecule is COC[C@H]1O[C@H](ON2C(=O)c3ccccc3C2=O)C=C[C@@H]1OC. The van der Waals surface area contributed by atoms with E-state index in [1.807, 2.05) is 0 Å². The van der Waals surface area contributed by atoms with Gasteiger partial charge in [-0.3, -0.25) is 9.59 Å². The van der Waals surface area contributed by atoms with Crippen LogP contribution in [0, 0.1) is 0 Å². The van der Waals surface area contributed by atoms with Crippen LogP contribution in [0.1, 0.15) is 20.7 Å². The van der Waals surface area contributed by atoms with Gasteiger partial charge in [-0.1, -0.05) is 18.2 Å². The lowest BCUT2D eigenvalue weighted by Gasteiger charge is -2.31. The summed E-state index contributed by atoms with van der Waals surface area (Å²) in [5.41, 5.74) is 0.640. The van der Waals surface area contributed by atoms with E-state index in [2.05, 4.69) is 0 Å². The van der Waals surface area contributed by atoms with E-state index >= 15 is 0 Å². The maximum absolute atomic E-state index is 12.3. The van der Waals surface area contributed by atoms with Gasteiger partial charge in [-0.15, -0.1) is 5.06 Å². The topological polar surface area (TPSA) is 74.3 Å². The number of ether oxygens (including phenoxy) is 3. The number of hydrogen-bond acceptors (Lipinski definition) is 6. The van der Waals surface area contributed by atoms with E-state index in [-0.39, 0.29) is 6.10 Å². The predicted octanol–water partition coefficient (Wildman–Crippen LogP) is 1.16. The highest BCUT2D eigenvalue weighted by molar-refractivity contribution is 6.20. The first-order valence-electron chi connectivity index (χ1n) is 7.15. The summed E-state index contributed by atoms with van der Waals surface area (Å²) in [7, 11) is 3.11. The molecule has 0 N–H and O–H groups in total. The summed E-state index contributed by atoms with van der Waals surface area (Å²) in [5, 5.41) is 0.733. The van der Waals surface area contributed by atoms with Gasteiger partial charge in [0.25, 0.3) is 11.8 Å². The van der Waals surface area contributed by atoms with Crippen molar-refractivity contribution in [1.29, 1.82) is 0 Å². The minimum atomic E-state index is -0.872. The van der Waals surface area contributed by atoms with Crippen molar-refractivity contribution in [3.63, 3.8) is 0 Å². The van der Waals surface area contributed by atoms with Crippen molar-refractivity contribution >= 4 is 11.8 Å². The van der Waals surface area contributed by atoms with Crippen LogP contribution in [0.25, 0.3) is 0 Å². The summed E-state index contributed by atoms with van der Waals surface area (Å²) in [5.74, 6) is -1.00. The second-order valence-electron chi connectivity index (χ2n) is 5.14. The number of imide groups is 1. The van der Waals surface area contributed by atoms with Crippen molar-refractivity contribution in [3.8, 4) is 0 Å². The number of rotatable bonds is 5. The van der Waals surface area contributed by atoms with Crippen LogP contribution in [-0.4, -0.2) is 56.2 Å². The molecule has 7 nitrogen and oxygen atoms in total. The molecule has 0 fully saturated rings. The first kappa shape index (κ1) is 15.8. The maximum atomic E-state index is 12.3. The molecule has 0 saturated heterocycles. The molecular formula is C16H17NO6. The fraction of sp³-hybridized carbons (Fsp3) is 0.375. The average Bonchev–Trinajstić information content (AvgIpc) is 2.81. The van der Waals surface area contributed by atoms with Crippen molar-refractivity contribution < 1.29 is 28.6 Å². The van der Waals surface area contributed by atoms with Crippen LogP contribution in [0.3, 0.4) is 0 Å². The molecule has 2 heterocycles. The Labute approximate surface area is 133 Å². The van der Waals surface area contributed by atoms with Crippen LogP contribution >= 0.6 is 0 Å². The summed E-state index contributed by atoms with van der Waals surface area (Å²) in [6, 6.07) is 6.57. The molecule has 7 heteroatoms. The number of hydrogen-bond donors (Lipinski definition) is 0. The van der Waals surface area contributed by atoms with Gasteiger partial charge in [0, 0.05) is 14.2 Å². The fourth-order valence-electron chi connectivity index (χ4n) is 2.57. The average molecular weight is 319 g/mol. The summed E-state index contributed by atoms with van der Waals surface area (Å²) in [4.78, 5) is 30.0. The molecule has 2 aliphatic heterocycles. The molecule has 2 amide bonds. The molecule has 1 aromatic rings. The van der Waals surface area contributed by atoms with Crippen LogP contribution in [0.5, 0.6) is 0 Å². The number of amides is 2. The Kier molecular flexibility index (Phi) is 4.53. The molecule has 23 heavy (non-hydrogen) atoms. The van der Waals surface area contributed by atoms with E-state index in [0.29, 0.717) is 17.7 Å². The van der Waals surface area contributed by atoms with E-state index in [1.54, 1.807) is 50.6 Å². The lowest BCUT2D eigenvalue weighted by atomic mass is 10.1. The molecule has 3 atom stereocenters. The lowest BCUT2D eigenvalue weighted by molar-refractivity contribution is -0.248. The maximum Gasteiger partial charge on any atom is 0.286 e. The molecule has 0 spiro atoms. The van der Waals surface area contributed by atoms with Crippen LogP contribution < -0.4 is 0 Å². The van der Waals surface area contributed by atoms with E-state index in [1.165, 1.54) is 0 Å². The summed E-state index contributed by atoms with van der Waals surface area (Å²) in [6.45, 7) is 0.296. The molecule has 0 aromatic heterocycles. The summed E-state index contributed by atoms with van der Waals surface area (Å²) < 4.78 is 16.0. The summed E-state index contributed by atoms with van der Waals surface area (Å²) in [6.07, 6.45) is 1.82. The largest absolute Gasteiger partial charge is 0.382 e. The van der Waals surface area contributed by atoms with Gasteiger partial charge in [0.2, 0.25) is 6.29 Å². The van der Waals surface area contributed by atoms with Gasteiger partial charge in [-0.2, -0.15) is 0 Å². The molecule has 0 aliphatic carbocycles. The molecule has 0 unspecified atom stereocenters. The standard InChI is InChI=1S/C16H17NO6/c1-20-9-13-12(21-2)7-8-14(22-13)23-17-15(18)10-5-3-4-6-11(10)16(17)19/h3-8,12-14H,9H2,1-2H3/t12-,13+,14+/m0/s1. The molecule has 3 rings (SSSR count). The number of benzene rings is 1. The van der Waals surface area contributed by atoms with Crippen molar-refractivity contribution in [3.05, 3.63) is 47.5 Å². The van der Waals surface area contributed by atoms with Gasteiger partial charge in [-0.25, -0.2) is 4.84 Å². The van der Waals surface area contributed by atoms with Crippen LogP contribution in [0.2, 0.25) is 0 Å². The Balaban J connectivity index is 1.73. The third-order valence-electron chi connectivity index (χ3n) is 3.70. The third-order valence-corrected chi connectivity index (χ3v) is 3.70. The van der Waals surface area contributed by atoms with Gasteiger partial charge >= 0.3 is 0 Å². The monoisotopic (exact) mass is 319 g/mol. The first-order chi connectivity index (χ1) is 11.2. The van der Waals surface area contributed by atoms with Crippen LogP contribution in [0.4, 0.5) is 0 Å².